The van der Waals surface area contributed by atoms with Crippen LogP contribution in [0.5, 0.6) is 11.5 Å². The highest BCUT2D eigenvalue weighted by atomic mass is 16.5. The van der Waals surface area contributed by atoms with E-state index in [1.54, 1.807) is 14.2 Å². The topological polar surface area (TPSA) is 59.1 Å². The second-order valence-corrected chi connectivity index (χ2v) is 6.68. The first-order valence-corrected chi connectivity index (χ1v) is 9.27. The van der Waals surface area contributed by atoms with Gasteiger partial charge in [0.25, 0.3) is 0 Å². The van der Waals surface area contributed by atoms with Gasteiger partial charge in [0.05, 0.1) is 20.6 Å². The van der Waals surface area contributed by atoms with Crippen LogP contribution in [0.2, 0.25) is 0 Å². The maximum Gasteiger partial charge on any atom is 0.227 e. The molecular formula is C20H30N2O4. The van der Waals surface area contributed by atoms with Gasteiger partial charge in [-0.3, -0.25) is 9.59 Å². The van der Waals surface area contributed by atoms with Crippen LogP contribution in [-0.2, 0) is 16.0 Å². The molecule has 0 bridgehead atoms. The number of ether oxygens (including phenoxy) is 2. The van der Waals surface area contributed by atoms with Crippen LogP contribution in [0.15, 0.2) is 12.1 Å². The monoisotopic (exact) mass is 362 g/mol. The van der Waals surface area contributed by atoms with Crippen LogP contribution < -0.4 is 9.47 Å². The standard InChI is InChI=1S/C20H30N2O4/c1-5-6-7-19(23)21-8-10-22(11-9-21)20(24)14-16-13-17(25-3)15(2)12-18(16)26-4/h12-13H,5-11,14H2,1-4H3. The molecule has 0 radical (unpaired) electrons. The maximum absolute atomic E-state index is 12.7. The van der Waals surface area contributed by atoms with E-state index in [4.69, 9.17) is 9.47 Å². The van der Waals surface area contributed by atoms with Crippen molar-refractivity contribution in [3.05, 3.63) is 23.3 Å². The summed E-state index contributed by atoms with van der Waals surface area (Å²) in [5.41, 5.74) is 1.79. The summed E-state index contributed by atoms with van der Waals surface area (Å²) in [7, 11) is 3.23. The minimum Gasteiger partial charge on any atom is -0.496 e. The Labute approximate surface area is 156 Å². The number of carbonyl (C=O) groups excluding carboxylic acids is 2. The van der Waals surface area contributed by atoms with Crippen molar-refractivity contribution in [2.45, 2.75) is 39.5 Å². The summed E-state index contributed by atoms with van der Waals surface area (Å²) >= 11 is 0. The van der Waals surface area contributed by atoms with Crippen molar-refractivity contribution in [1.82, 2.24) is 9.80 Å². The summed E-state index contributed by atoms with van der Waals surface area (Å²) in [4.78, 5) is 28.5. The van der Waals surface area contributed by atoms with Crippen LogP contribution in [0.25, 0.3) is 0 Å². The van der Waals surface area contributed by atoms with E-state index in [1.807, 2.05) is 28.9 Å². The Bertz CT molecular complexity index is 637. The first-order valence-electron chi connectivity index (χ1n) is 9.27. The summed E-state index contributed by atoms with van der Waals surface area (Å²) in [5, 5.41) is 0. The third-order valence-corrected chi connectivity index (χ3v) is 4.87. The number of piperazine rings is 1. The minimum absolute atomic E-state index is 0.0508. The molecule has 2 amide bonds. The SMILES string of the molecule is CCCCC(=O)N1CCN(C(=O)Cc2cc(OC)c(C)cc2OC)CC1. The van der Waals surface area contributed by atoms with E-state index < -0.39 is 0 Å². The third kappa shape index (κ3) is 4.90. The number of nitrogens with zero attached hydrogens (tertiary/aromatic N) is 2. The molecule has 1 aliphatic heterocycles. The molecule has 6 heteroatoms. The van der Waals surface area contributed by atoms with Crippen molar-refractivity contribution >= 4 is 11.8 Å². The van der Waals surface area contributed by atoms with Crippen molar-refractivity contribution in [3.8, 4) is 11.5 Å². The highest BCUT2D eigenvalue weighted by molar-refractivity contribution is 5.81. The van der Waals surface area contributed by atoms with Gasteiger partial charge in [-0.25, -0.2) is 0 Å². The molecule has 1 aliphatic rings. The number of carbonyl (C=O) groups is 2. The van der Waals surface area contributed by atoms with E-state index in [1.165, 1.54) is 0 Å². The molecule has 0 aliphatic carbocycles. The van der Waals surface area contributed by atoms with Gasteiger partial charge in [-0.2, -0.15) is 0 Å². The van der Waals surface area contributed by atoms with Crippen LogP contribution in [0.3, 0.4) is 0 Å². The molecule has 1 fully saturated rings. The molecule has 1 heterocycles. The molecule has 0 atom stereocenters. The Morgan fingerprint density at radius 2 is 1.54 bits per heavy atom. The Hall–Kier alpha value is -2.24. The van der Waals surface area contributed by atoms with Gasteiger partial charge in [-0.15, -0.1) is 0 Å². The average Bonchev–Trinajstić information content (AvgIpc) is 2.67. The van der Waals surface area contributed by atoms with Crippen LogP contribution in [0.4, 0.5) is 0 Å². The van der Waals surface area contributed by atoms with Gasteiger partial charge in [0.2, 0.25) is 11.8 Å². The molecule has 1 saturated heterocycles. The molecule has 6 nitrogen and oxygen atoms in total. The van der Waals surface area contributed by atoms with Crippen LogP contribution in [-0.4, -0.2) is 62.0 Å². The molecule has 2 rings (SSSR count). The number of rotatable bonds is 7. The van der Waals surface area contributed by atoms with Crippen LogP contribution >= 0.6 is 0 Å². The number of benzene rings is 1. The van der Waals surface area contributed by atoms with E-state index in [0.29, 0.717) is 38.3 Å². The van der Waals surface area contributed by atoms with E-state index in [-0.39, 0.29) is 18.2 Å². The fraction of sp³-hybridized carbons (Fsp3) is 0.600. The fourth-order valence-corrected chi connectivity index (χ4v) is 3.22. The summed E-state index contributed by atoms with van der Waals surface area (Å²) in [6, 6.07) is 3.77. The first-order chi connectivity index (χ1) is 12.5. The van der Waals surface area contributed by atoms with E-state index in [0.717, 1.165) is 29.7 Å². The van der Waals surface area contributed by atoms with Gasteiger partial charge in [-0.1, -0.05) is 13.3 Å². The van der Waals surface area contributed by atoms with Gasteiger partial charge < -0.3 is 19.3 Å². The summed E-state index contributed by atoms with van der Waals surface area (Å²) in [6.07, 6.45) is 2.81. The Morgan fingerprint density at radius 1 is 0.962 bits per heavy atom. The number of amides is 2. The van der Waals surface area contributed by atoms with Gasteiger partial charge in [-0.05, 0) is 31.0 Å². The summed E-state index contributed by atoms with van der Waals surface area (Å²) in [5.74, 6) is 1.70. The predicted octanol–water partition coefficient (Wildman–Crippen LogP) is 2.42. The smallest absolute Gasteiger partial charge is 0.227 e. The lowest BCUT2D eigenvalue weighted by atomic mass is 10.1. The second kappa shape index (κ2) is 9.46. The number of hydrogen-bond donors (Lipinski definition) is 0. The van der Waals surface area contributed by atoms with Crippen molar-refractivity contribution in [3.63, 3.8) is 0 Å². The first kappa shape index (κ1) is 20.1. The predicted molar refractivity (Wildman–Crippen MR) is 101 cm³/mol. The van der Waals surface area contributed by atoms with E-state index in [9.17, 15) is 9.59 Å². The lowest BCUT2D eigenvalue weighted by Crippen LogP contribution is -2.51. The number of hydrogen-bond acceptors (Lipinski definition) is 4. The largest absolute Gasteiger partial charge is 0.496 e. The lowest BCUT2D eigenvalue weighted by molar-refractivity contribution is -0.139. The minimum atomic E-state index is 0.0508. The molecule has 144 valence electrons. The molecule has 1 aromatic rings. The van der Waals surface area contributed by atoms with Crippen LogP contribution in [0.1, 0.15) is 37.3 Å². The zero-order valence-corrected chi connectivity index (χ0v) is 16.3. The summed E-state index contributed by atoms with van der Waals surface area (Å²) in [6.45, 7) is 6.43. The Kier molecular flexibility index (Phi) is 7.30. The zero-order chi connectivity index (χ0) is 19.1. The van der Waals surface area contributed by atoms with E-state index >= 15 is 0 Å². The van der Waals surface area contributed by atoms with Crippen molar-refractivity contribution in [1.29, 1.82) is 0 Å². The maximum atomic E-state index is 12.7. The normalized spacial score (nSPS) is 14.3. The molecule has 0 unspecified atom stereocenters. The number of unbranched alkanes of at least 4 members (excludes halogenated alkanes) is 1. The molecule has 26 heavy (non-hydrogen) atoms. The van der Waals surface area contributed by atoms with Gasteiger partial charge >= 0.3 is 0 Å². The Balaban J connectivity index is 1.96. The van der Waals surface area contributed by atoms with Crippen LogP contribution in [0, 0.1) is 6.92 Å². The molecule has 0 N–H and O–H groups in total. The quantitative estimate of drug-likeness (QED) is 0.747. The third-order valence-electron chi connectivity index (χ3n) is 4.87. The molecule has 1 aromatic carbocycles. The zero-order valence-electron chi connectivity index (χ0n) is 16.3. The number of aryl methyl sites for hydroxylation is 1. The molecular weight excluding hydrogens is 332 g/mol. The van der Waals surface area contributed by atoms with Crippen molar-refractivity contribution in [2.75, 3.05) is 40.4 Å². The summed E-state index contributed by atoms with van der Waals surface area (Å²) < 4.78 is 10.8. The lowest BCUT2D eigenvalue weighted by Gasteiger charge is -2.35. The van der Waals surface area contributed by atoms with Crippen molar-refractivity contribution in [2.24, 2.45) is 0 Å². The van der Waals surface area contributed by atoms with E-state index in [2.05, 4.69) is 6.92 Å². The second-order valence-electron chi connectivity index (χ2n) is 6.68. The highest BCUT2D eigenvalue weighted by Gasteiger charge is 2.24. The fourth-order valence-electron chi connectivity index (χ4n) is 3.22. The highest BCUT2D eigenvalue weighted by Crippen LogP contribution is 2.29. The van der Waals surface area contributed by atoms with Crippen molar-refractivity contribution < 1.29 is 19.1 Å². The Morgan fingerprint density at radius 3 is 2.08 bits per heavy atom. The molecule has 0 aromatic heterocycles. The number of methoxy groups -OCH3 is 2. The van der Waals surface area contributed by atoms with Gasteiger partial charge in [0.15, 0.2) is 0 Å². The molecule has 0 spiro atoms. The van der Waals surface area contributed by atoms with Gasteiger partial charge in [0.1, 0.15) is 11.5 Å². The molecule has 0 saturated carbocycles. The average molecular weight is 362 g/mol. The van der Waals surface area contributed by atoms with Gasteiger partial charge in [0, 0.05) is 38.2 Å².